The summed E-state index contributed by atoms with van der Waals surface area (Å²) in [6.45, 7) is 11.4. The Labute approximate surface area is 192 Å². The number of hydrogen-bond acceptors (Lipinski definition) is 4. The number of sulfonamides is 1. The van der Waals surface area contributed by atoms with Gasteiger partial charge in [0.05, 0.1) is 12.3 Å². The molecular formula is C23H36ClN3O3S. The molecule has 1 spiro atoms. The molecule has 1 amide bonds. The van der Waals surface area contributed by atoms with Crippen molar-refractivity contribution in [3.05, 3.63) is 29.3 Å². The van der Waals surface area contributed by atoms with Crippen LogP contribution in [-0.4, -0.2) is 62.0 Å². The van der Waals surface area contributed by atoms with E-state index in [0.29, 0.717) is 24.7 Å². The lowest BCUT2D eigenvalue weighted by Crippen LogP contribution is -2.56. The molecule has 0 aromatic heterocycles. The van der Waals surface area contributed by atoms with Gasteiger partial charge in [-0.1, -0.05) is 39.3 Å². The van der Waals surface area contributed by atoms with Crippen LogP contribution in [0.4, 0.5) is 5.69 Å². The molecule has 6 nitrogen and oxygen atoms in total. The van der Waals surface area contributed by atoms with Crippen LogP contribution >= 0.6 is 11.6 Å². The molecule has 3 rings (SSSR count). The van der Waals surface area contributed by atoms with Gasteiger partial charge in [-0.05, 0) is 73.4 Å². The van der Waals surface area contributed by atoms with E-state index in [1.54, 1.807) is 28.6 Å². The minimum absolute atomic E-state index is 0.00501. The number of piperidine rings is 2. The summed E-state index contributed by atoms with van der Waals surface area (Å²) in [7, 11) is -3.25. The molecule has 0 bridgehead atoms. The van der Waals surface area contributed by atoms with E-state index in [4.69, 9.17) is 11.6 Å². The van der Waals surface area contributed by atoms with E-state index in [0.717, 1.165) is 38.0 Å². The maximum atomic E-state index is 13.0. The van der Waals surface area contributed by atoms with Crippen LogP contribution in [-0.2, 0) is 14.8 Å². The third kappa shape index (κ3) is 6.67. The van der Waals surface area contributed by atoms with Gasteiger partial charge in [-0.3, -0.25) is 9.69 Å². The molecule has 1 aromatic carbocycles. The number of benzene rings is 1. The van der Waals surface area contributed by atoms with E-state index in [9.17, 15) is 13.2 Å². The van der Waals surface area contributed by atoms with Crippen LogP contribution in [0.25, 0.3) is 0 Å². The number of hydrogen-bond donors (Lipinski definition) is 1. The van der Waals surface area contributed by atoms with Crippen molar-refractivity contribution >= 4 is 33.2 Å². The number of nitrogens with one attached hydrogen (secondary N) is 1. The highest BCUT2D eigenvalue weighted by Crippen LogP contribution is 2.47. The predicted octanol–water partition coefficient (Wildman–Crippen LogP) is 4.08. The van der Waals surface area contributed by atoms with Crippen molar-refractivity contribution in [1.29, 1.82) is 0 Å². The third-order valence-electron chi connectivity index (χ3n) is 6.32. The first-order valence-electron chi connectivity index (χ1n) is 11.1. The summed E-state index contributed by atoms with van der Waals surface area (Å²) in [5.41, 5.74) is 0.689. The van der Waals surface area contributed by atoms with Gasteiger partial charge in [0.25, 0.3) is 0 Å². The molecule has 0 unspecified atom stereocenters. The van der Waals surface area contributed by atoms with Crippen molar-refractivity contribution in [3.63, 3.8) is 0 Å². The topological polar surface area (TPSA) is 69.7 Å². The molecule has 174 valence electrons. The summed E-state index contributed by atoms with van der Waals surface area (Å²) in [5.74, 6) is 0.284. The SMILES string of the molecule is CC(C)CS(=O)(=O)N1CC(C)(C)CC2(CCN(CC(=O)Nc3ccc(Cl)cc3)CC2)C1. The van der Waals surface area contributed by atoms with Crippen LogP contribution in [0.2, 0.25) is 5.02 Å². The van der Waals surface area contributed by atoms with E-state index in [-0.39, 0.29) is 28.4 Å². The average molecular weight is 470 g/mol. The van der Waals surface area contributed by atoms with Crippen molar-refractivity contribution in [2.45, 2.75) is 47.0 Å². The zero-order valence-corrected chi connectivity index (χ0v) is 20.7. The van der Waals surface area contributed by atoms with Crippen molar-refractivity contribution in [2.75, 3.05) is 43.8 Å². The second-order valence-corrected chi connectivity index (χ2v) is 13.1. The Kier molecular flexibility index (Phi) is 7.41. The van der Waals surface area contributed by atoms with Gasteiger partial charge in [0.1, 0.15) is 0 Å². The fourth-order valence-corrected chi connectivity index (χ4v) is 7.41. The molecule has 1 aromatic rings. The Morgan fingerprint density at radius 2 is 1.74 bits per heavy atom. The highest BCUT2D eigenvalue weighted by Gasteiger charge is 2.47. The fraction of sp³-hybridized carbons (Fsp3) is 0.696. The molecule has 2 saturated heterocycles. The van der Waals surface area contributed by atoms with Crippen LogP contribution in [0.1, 0.15) is 47.0 Å². The minimum atomic E-state index is -3.25. The molecule has 0 radical (unpaired) electrons. The highest BCUT2D eigenvalue weighted by atomic mass is 35.5. The van der Waals surface area contributed by atoms with Gasteiger partial charge in [0.2, 0.25) is 15.9 Å². The molecule has 0 atom stereocenters. The molecule has 0 aliphatic carbocycles. The summed E-state index contributed by atoms with van der Waals surface area (Å²) >= 11 is 5.90. The summed E-state index contributed by atoms with van der Waals surface area (Å²) in [4.78, 5) is 14.6. The summed E-state index contributed by atoms with van der Waals surface area (Å²) in [6, 6.07) is 7.10. The molecule has 8 heteroatoms. The first-order valence-corrected chi connectivity index (χ1v) is 13.1. The van der Waals surface area contributed by atoms with Crippen molar-refractivity contribution in [1.82, 2.24) is 9.21 Å². The number of carbonyl (C=O) groups is 1. The number of likely N-dealkylation sites (tertiary alicyclic amines) is 1. The van der Waals surface area contributed by atoms with Gasteiger partial charge in [-0.2, -0.15) is 0 Å². The normalized spacial score (nSPS) is 22.0. The smallest absolute Gasteiger partial charge is 0.238 e. The molecule has 0 saturated carbocycles. The van der Waals surface area contributed by atoms with Gasteiger partial charge >= 0.3 is 0 Å². The van der Waals surface area contributed by atoms with Gasteiger partial charge in [0, 0.05) is 23.8 Å². The van der Waals surface area contributed by atoms with Crippen molar-refractivity contribution in [2.24, 2.45) is 16.7 Å². The van der Waals surface area contributed by atoms with E-state index in [1.807, 2.05) is 13.8 Å². The number of amides is 1. The maximum Gasteiger partial charge on any atom is 0.238 e. The molecule has 2 fully saturated rings. The van der Waals surface area contributed by atoms with E-state index >= 15 is 0 Å². The number of carbonyl (C=O) groups excluding carboxylic acids is 1. The quantitative estimate of drug-likeness (QED) is 0.681. The minimum Gasteiger partial charge on any atom is -0.325 e. The zero-order valence-electron chi connectivity index (χ0n) is 19.2. The molecule has 31 heavy (non-hydrogen) atoms. The largest absolute Gasteiger partial charge is 0.325 e. The Morgan fingerprint density at radius 3 is 2.32 bits per heavy atom. The van der Waals surface area contributed by atoms with Crippen molar-refractivity contribution in [3.8, 4) is 0 Å². The molecule has 1 N–H and O–H groups in total. The number of anilines is 1. The van der Waals surface area contributed by atoms with Crippen LogP contribution < -0.4 is 5.32 Å². The lowest BCUT2D eigenvalue weighted by atomic mass is 9.65. The molecule has 2 aliphatic rings. The summed E-state index contributed by atoms with van der Waals surface area (Å²) in [6.07, 6.45) is 2.86. The maximum absolute atomic E-state index is 13.0. The highest BCUT2D eigenvalue weighted by molar-refractivity contribution is 7.89. The molecule has 2 heterocycles. The number of nitrogens with zero attached hydrogens (tertiary/aromatic N) is 2. The van der Waals surface area contributed by atoms with Crippen LogP contribution in [0, 0.1) is 16.7 Å². The van der Waals surface area contributed by atoms with Crippen LogP contribution in [0.5, 0.6) is 0 Å². The van der Waals surface area contributed by atoms with Gasteiger partial charge in [-0.15, -0.1) is 0 Å². The second kappa shape index (κ2) is 9.38. The van der Waals surface area contributed by atoms with Gasteiger partial charge in [0.15, 0.2) is 0 Å². The average Bonchev–Trinajstić information content (AvgIpc) is 2.63. The van der Waals surface area contributed by atoms with Gasteiger partial charge < -0.3 is 5.32 Å². The third-order valence-corrected chi connectivity index (χ3v) is 8.70. The Balaban J connectivity index is 1.59. The first-order chi connectivity index (χ1) is 14.4. The summed E-state index contributed by atoms with van der Waals surface area (Å²) in [5, 5.41) is 3.56. The monoisotopic (exact) mass is 469 g/mol. The fourth-order valence-electron chi connectivity index (χ4n) is 5.21. The number of rotatable bonds is 6. The number of halogens is 1. The Bertz CT molecular complexity index is 876. The van der Waals surface area contributed by atoms with Gasteiger partial charge in [-0.25, -0.2) is 12.7 Å². The molecule has 2 aliphatic heterocycles. The predicted molar refractivity (Wildman–Crippen MR) is 127 cm³/mol. The zero-order chi connectivity index (χ0) is 22.9. The Hall–Kier alpha value is -1.15. The second-order valence-electron chi connectivity index (χ2n) is 10.6. The van der Waals surface area contributed by atoms with E-state index < -0.39 is 10.0 Å². The van der Waals surface area contributed by atoms with Crippen LogP contribution in [0.3, 0.4) is 0 Å². The lowest BCUT2D eigenvalue weighted by molar-refractivity contribution is -0.118. The lowest BCUT2D eigenvalue weighted by Gasteiger charge is -2.52. The first kappa shape index (κ1) is 24.5. The van der Waals surface area contributed by atoms with E-state index in [2.05, 4.69) is 24.1 Å². The summed E-state index contributed by atoms with van der Waals surface area (Å²) < 4.78 is 27.7. The molecular weight excluding hydrogens is 434 g/mol. The Morgan fingerprint density at radius 1 is 1.13 bits per heavy atom. The van der Waals surface area contributed by atoms with Crippen LogP contribution in [0.15, 0.2) is 24.3 Å². The van der Waals surface area contributed by atoms with Crippen molar-refractivity contribution < 1.29 is 13.2 Å². The standard InChI is InChI=1S/C23H36ClN3O3S/c1-18(2)14-31(29,30)27-16-22(3,4)15-23(17-27)9-11-26(12-10-23)13-21(28)25-20-7-5-19(24)6-8-20/h5-8,18H,9-17H2,1-4H3,(H,25,28). The van der Waals surface area contributed by atoms with E-state index in [1.165, 1.54) is 0 Å².